The third-order valence-electron chi connectivity index (χ3n) is 2.27. The molecular weight excluding hydrogens is 270 g/mol. The van der Waals surface area contributed by atoms with E-state index in [1.165, 1.54) is 0 Å². The summed E-state index contributed by atoms with van der Waals surface area (Å²) in [5.74, 6) is 1.39. The van der Waals surface area contributed by atoms with Gasteiger partial charge in [0, 0.05) is 5.88 Å². The number of nitrogens with one attached hydrogen (secondary N) is 1. The van der Waals surface area contributed by atoms with Gasteiger partial charge in [-0.05, 0) is 54.9 Å². The van der Waals surface area contributed by atoms with Crippen LogP contribution in [-0.2, 0) is 0 Å². The monoisotopic (exact) mass is 285 g/mol. The van der Waals surface area contributed by atoms with E-state index < -0.39 is 0 Å². The Labute approximate surface area is 117 Å². The Bertz CT molecular complexity index is 420. The van der Waals surface area contributed by atoms with E-state index in [-0.39, 0.29) is 5.11 Å². The van der Waals surface area contributed by atoms with E-state index in [0.29, 0.717) is 5.88 Å². The second-order valence-corrected chi connectivity index (χ2v) is 4.37. The molecule has 6 heteroatoms. The van der Waals surface area contributed by atoms with E-state index >= 15 is 0 Å². The molecule has 3 N–H and O–H groups in total. The number of methoxy groups -OCH3 is 1. The second-order valence-electron chi connectivity index (χ2n) is 3.56. The molecule has 1 rings (SSSR count). The molecule has 0 atom stereocenters. The van der Waals surface area contributed by atoms with Crippen LogP contribution in [0.5, 0.6) is 5.75 Å². The molecule has 0 heterocycles. The maximum Gasteiger partial charge on any atom is 0.184 e. The molecule has 0 bridgehead atoms. The fourth-order valence-electron chi connectivity index (χ4n) is 1.41. The molecule has 0 aromatic heterocycles. The zero-order valence-corrected chi connectivity index (χ0v) is 11.7. The lowest BCUT2D eigenvalue weighted by atomic mass is 10.1. The molecule has 0 radical (unpaired) electrons. The number of halogens is 1. The van der Waals surface area contributed by atoms with Crippen molar-refractivity contribution >= 4 is 34.6 Å². The summed E-state index contributed by atoms with van der Waals surface area (Å²) in [5, 5.41) is 4.33. The normalized spacial score (nSPS) is 11.1. The van der Waals surface area contributed by atoms with Crippen molar-refractivity contribution in [3.8, 4) is 5.75 Å². The number of ether oxygens (including phenoxy) is 1. The topological polar surface area (TPSA) is 59.6 Å². The van der Waals surface area contributed by atoms with Gasteiger partial charge in [-0.15, -0.1) is 11.6 Å². The zero-order chi connectivity index (χ0) is 13.4. The van der Waals surface area contributed by atoms with Crippen molar-refractivity contribution in [3.63, 3.8) is 0 Å². The Balaban J connectivity index is 2.86. The predicted octanol–water partition coefficient (Wildman–Crippen LogP) is 2.25. The van der Waals surface area contributed by atoms with Gasteiger partial charge in [-0.25, -0.2) is 0 Å². The van der Waals surface area contributed by atoms with E-state index in [2.05, 4.69) is 10.5 Å². The van der Waals surface area contributed by atoms with Gasteiger partial charge in [0.15, 0.2) is 5.11 Å². The van der Waals surface area contributed by atoms with Gasteiger partial charge in [-0.3, -0.25) is 5.43 Å². The van der Waals surface area contributed by atoms with E-state index in [0.717, 1.165) is 29.9 Å². The van der Waals surface area contributed by atoms with Crippen LogP contribution in [0.1, 0.15) is 18.4 Å². The predicted molar refractivity (Wildman–Crippen MR) is 79.4 cm³/mol. The number of nitrogens with zero attached hydrogens (tertiary/aromatic N) is 1. The van der Waals surface area contributed by atoms with Crippen molar-refractivity contribution in [2.24, 2.45) is 10.8 Å². The lowest BCUT2D eigenvalue weighted by molar-refractivity contribution is 0.415. The highest BCUT2D eigenvalue weighted by Gasteiger charge is 2.04. The molecule has 1 aromatic rings. The molecule has 0 aliphatic rings. The molecule has 18 heavy (non-hydrogen) atoms. The molecule has 0 saturated heterocycles. The molecule has 0 spiro atoms. The highest BCUT2D eigenvalue weighted by atomic mass is 35.5. The number of rotatable bonds is 6. The SMILES string of the molecule is COc1ccc(/C(CCCCl)=N/NC(N)=S)cc1. The zero-order valence-electron chi connectivity index (χ0n) is 10.1. The van der Waals surface area contributed by atoms with Crippen LogP contribution in [-0.4, -0.2) is 23.8 Å². The minimum atomic E-state index is 0.145. The molecule has 0 unspecified atom stereocenters. The van der Waals surface area contributed by atoms with Gasteiger partial charge in [-0.1, -0.05) is 0 Å². The van der Waals surface area contributed by atoms with Crippen LogP contribution < -0.4 is 15.9 Å². The smallest absolute Gasteiger partial charge is 0.184 e. The van der Waals surface area contributed by atoms with E-state index in [1.807, 2.05) is 24.3 Å². The largest absolute Gasteiger partial charge is 0.497 e. The Hall–Kier alpha value is -1.33. The van der Waals surface area contributed by atoms with Crippen LogP contribution in [0.3, 0.4) is 0 Å². The molecule has 4 nitrogen and oxygen atoms in total. The summed E-state index contributed by atoms with van der Waals surface area (Å²) in [6.45, 7) is 0. The third kappa shape index (κ3) is 4.89. The lowest BCUT2D eigenvalue weighted by Gasteiger charge is -2.07. The number of hydrogen-bond donors (Lipinski definition) is 2. The molecule has 0 fully saturated rings. The van der Waals surface area contributed by atoms with Crippen molar-refractivity contribution in [1.29, 1.82) is 0 Å². The van der Waals surface area contributed by atoms with Gasteiger partial charge in [0.05, 0.1) is 12.8 Å². The van der Waals surface area contributed by atoms with Crippen molar-refractivity contribution < 1.29 is 4.74 Å². The van der Waals surface area contributed by atoms with Crippen molar-refractivity contribution in [3.05, 3.63) is 29.8 Å². The summed E-state index contributed by atoms with van der Waals surface area (Å²) in [7, 11) is 1.63. The standard InChI is InChI=1S/C12H16ClN3OS/c1-17-10-6-4-9(5-7-10)11(3-2-8-13)15-16-12(14)18/h4-7H,2-3,8H2,1H3,(H3,14,16,18)/b15-11+. The Morgan fingerprint density at radius 2 is 2.11 bits per heavy atom. The summed E-state index contributed by atoms with van der Waals surface area (Å²) in [5.41, 5.74) is 9.82. The number of hydrogen-bond acceptors (Lipinski definition) is 3. The van der Waals surface area contributed by atoms with Gasteiger partial charge in [-0.2, -0.15) is 5.10 Å². The first kappa shape index (κ1) is 14.7. The highest BCUT2D eigenvalue weighted by Crippen LogP contribution is 2.14. The first-order chi connectivity index (χ1) is 8.67. The molecule has 0 aliphatic heterocycles. The van der Waals surface area contributed by atoms with Crippen LogP contribution in [0.25, 0.3) is 0 Å². The van der Waals surface area contributed by atoms with E-state index in [1.54, 1.807) is 7.11 Å². The average Bonchev–Trinajstić information content (AvgIpc) is 2.39. The fourth-order valence-corrected chi connectivity index (χ4v) is 1.58. The van der Waals surface area contributed by atoms with Crippen LogP contribution in [0, 0.1) is 0 Å². The maximum absolute atomic E-state index is 5.70. The summed E-state index contributed by atoms with van der Waals surface area (Å²) in [4.78, 5) is 0. The van der Waals surface area contributed by atoms with Crippen molar-refractivity contribution in [1.82, 2.24) is 5.43 Å². The molecular formula is C12H16ClN3OS. The second kappa shape index (κ2) is 7.89. The first-order valence-corrected chi connectivity index (χ1v) is 6.44. The minimum Gasteiger partial charge on any atom is -0.497 e. The van der Waals surface area contributed by atoms with Gasteiger partial charge in [0.2, 0.25) is 0 Å². The lowest BCUT2D eigenvalue weighted by Crippen LogP contribution is -2.25. The fraction of sp³-hybridized carbons (Fsp3) is 0.333. The van der Waals surface area contributed by atoms with E-state index in [4.69, 9.17) is 34.3 Å². The number of alkyl halides is 1. The quantitative estimate of drug-likeness (QED) is 0.364. The van der Waals surface area contributed by atoms with Crippen molar-refractivity contribution in [2.75, 3.05) is 13.0 Å². The van der Waals surface area contributed by atoms with Crippen molar-refractivity contribution in [2.45, 2.75) is 12.8 Å². The molecule has 0 aliphatic carbocycles. The summed E-state index contributed by atoms with van der Waals surface area (Å²) >= 11 is 10.4. The number of thiocarbonyl (C=S) groups is 1. The van der Waals surface area contributed by atoms with Crippen LogP contribution >= 0.6 is 23.8 Å². The van der Waals surface area contributed by atoms with Gasteiger partial charge in [0.25, 0.3) is 0 Å². The van der Waals surface area contributed by atoms with Gasteiger partial charge in [0.1, 0.15) is 5.75 Å². The Morgan fingerprint density at radius 3 is 2.61 bits per heavy atom. The molecule has 0 amide bonds. The van der Waals surface area contributed by atoms with Crippen LogP contribution in [0.15, 0.2) is 29.4 Å². The number of nitrogens with two attached hydrogens (primary N) is 1. The van der Waals surface area contributed by atoms with E-state index in [9.17, 15) is 0 Å². The first-order valence-electron chi connectivity index (χ1n) is 5.49. The molecule has 1 aromatic carbocycles. The van der Waals surface area contributed by atoms with Crippen LogP contribution in [0.4, 0.5) is 0 Å². The van der Waals surface area contributed by atoms with Gasteiger partial charge >= 0.3 is 0 Å². The average molecular weight is 286 g/mol. The summed E-state index contributed by atoms with van der Waals surface area (Å²) in [6, 6.07) is 7.64. The van der Waals surface area contributed by atoms with Gasteiger partial charge < -0.3 is 10.5 Å². The Kier molecular flexibility index (Phi) is 6.46. The van der Waals surface area contributed by atoms with Crippen LogP contribution in [0.2, 0.25) is 0 Å². The molecule has 0 saturated carbocycles. The summed E-state index contributed by atoms with van der Waals surface area (Å²) in [6.07, 6.45) is 1.59. The highest BCUT2D eigenvalue weighted by molar-refractivity contribution is 7.80. The maximum atomic E-state index is 5.70. The Morgan fingerprint density at radius 1 is 1.44 bits per heavy atom. The number of hydrazone groups is 1. The minimum absolute atomic E-state index is 0.145. The number of benzene rings is 1. The molecule has 98 valence electrons. The third-order valence-corrected chi connectivity index (χ3v) is 2.63. The summed E-state index contributed by atoms with van der Waals surface area (Å²) < 4.78 is 5.11.